The number of ketones is 2. The number of benzene rings is 1. The van der Waals surface area contributed by atoms with Crippen LogP contribution in [0.1, 0.15) is 146 Å². The van der Waals surface area contributed by atoms with Crippen molar-refractivity contribution in [1.82, 2.24) is 4.90 Å². The van der Waals surface area contributed by atoms with Crippen molar-refractivity contribution >= 4 is 29.6 Å². The quantitative estimate of drug-likeness (QED) is 0.113. The molecule has 424 valence electrons. The summed E-state index contributed by atoms with van der Waals surface area (Å²) in [4.78, 5) is 71.8. The highest BCUT2D eigenvalue weighted by molar-refractivity contribution is 6.39. The van der Waals surface area contributed by atoms with Crippen LogP contribution >= 0.6 is 0 Å². The first-order chi connectivity index (χ1) is 36.2. The van der Waals surface area contributed by atoms with Crippen LogP contribution in [0.4, 0.5) is 4.79 Å². The molecule has 15 atom stereocenters. The molecule has 1 saturated carbocycles. The summed E-state index contributed by atoms with van der Waals surface area (Å²) >= 11 is 0. The third kappa shape index (κ3) is 17.6. The fraction of sp³-hybridized carbons (Fsp3) is 0.661. The fourth-order valence-corrected chi connectivity index (χ4v) is 11.3. The second-order valence-corrected chi connectivity index (χ2v) is 21.9. The molecule has 2 saturated heterocycles. The van der Waals surface area contributed by atoms with Gasteiger partial charge in [0.25, 0.3) is 11.7 Å². The second kappa shape index (κ2) is 31.0. The van der Waals surface area contributed by atoms with E-state index < -0.39 is 71.9 Å². The number of allylic oxidation sites excluding steroid dienone is 6. The Morgan fingerprint density at radius 2 is 1.55 bits per heavy atom. The predicted molar refractivity (Wildman–Crippen MR) is 295 cm³/mol. The molecule has 0 aromatic heterocycles. The zero-order valence-electron chi connectivity index (χ0n) is 48.1. The number of piperidine rings is 1. The van der Waals surface area contributed by atoms with E-state index in [1.165, 1.54) is 4.90 Å². The third-order valence-electron chi connectivity index (χ3n) is 16.3. The van der Waals surface area contributed by atoms with Crippen molar-refractivity contribution in [1.29, 1.82) is 0 Å². The maximum Gasteiger partial charge on any atom is 0.514 e. The van der Waals surface area contributed by atoms with E-state index in [9.17, 15) is 29.1 Å². The van der Waals surface area contributed by atoms with Crippen molar-refractivity contribution in [2.45, 2.75) is 195 Å². The number of rotatable bonds is 8. The topological polar surface area (TPSA) is 173 Å². The van der Waals surface area contributed by atoms with Gasteiger partial charge in [0, 0.05) is 58.5 Å². The highest BCUT2D eigenvalue weighted by Crippen LogP contribution is 2.39. The number of para-hydroxylation sites is 1. The largest absolute Gasteiger partial charge is 0.514 e. The van der Waals surface area contributed by atoms with Crippen LogP contribution in [0.2, 0.25) is 0 Å². The summed E-state index contributed by atoms with van der Waals surface area (Å²) in [6.45, 7) is 24.5. The van der Waals surface area contributed by atoms with Gasteiger partial charge in [0.1, 0.15) is 29.8 Å². The van der Waals surface area contributed by atoms with Crippen LogP contribution in [0.5, 0.6) is 5.75 Å². The number of nitrogens with zero attached hydrogens (tertiary/aromatic N) is 1. The first-order valence-corrected chi connectivity index (χ1v) is 28.1. The number of methoxy groups -OCH3 is 3. The van der Waals surface area contributed by atoms with Crippen molar-refractivity contribution < 1.29 is 62.2 Å². The molecule has 0 radical (unpaired) electrons. The highest BCUT2D eigenvalue weighted by atomic mass is 16.7. The second-order valence-electron chi connectivity index (χ2n) is 21.9. The molecule has 0 unspecified atom stereocenters. The van der Waals surface area contributed by atoms with Gasteiger partial charge in [0.2, 0.25) is 5.79 Å². The number of carbonyl (C=O) groups excluding carboxylic acids is 5. The van der Waals surface area contributed by atoms with E-state index in [0.29, 0.717) is 63.5 Å². The van der Waals surface area contributed by atoms with E-state index in [0.717, 1.165) is 23.1 Å². The maximum atomic E-state index is 14.6. The maximum absolute atomic E-state index is 14.6. The smallest absolute Gasteiger partial charge is 0.460 e. The van der Waals surface area contributed by atoms with Crippen LogP contribution in [0.3, 0.4) is 0 Å². The molecule has 5 rings (SSSR count). The summed E-state index contributed by atoms with van der Waals surface area (Å²) in [7, 11) is 4.88. The van der Waals surface area contributed by atoms with E-state index >= 15 is 0 Å². The number of cyclic esters (lactones) is 1. The lowest BCUT2D eigenvalue weighted by Gasteiger charge is -2.42. The fourth-order valence-electron chi connectivity index (χ4n) is 11.3. The van der Waals surface area contributed by atoms with E-state index in [1.54, 1.807) is 52.5 Å². The molecular weight excluding hydrogens is 967 g/mol. The SMILES string of the molecule is C=C1[C@H](C)C[C@H](C)/C=C/C=C/C=C(\C)[C@@H](OC)C[C@@H]2CC[C@@H](C)[C@@](O)(O2)C(=O)C(=O)N2CCCC[C@H]2C(=O)O[C@H]([C@H](C)C[C@@H]2CC[C@@H](OC(=O)Oc3ccccc3)[C@H](OC)C2)CC(=O)[C@H](C)/C=C(\C)[C@@H](C)[C@H]1OC.CC. The zero-order chi connectivity index (χ0) is 56.3. The Balaban J connectivity index is 0.00000616. The molecular formula is C62H93NO13. The lowest BCUT2D eigenvalue weighted by Crippen LogP contribution is -2.61. The lowest BCUT2D eigenvalue weighted by atomic mass is 9.78. The number of amides is 1. The van der Waals surface area contributed by atoms with Gasteiger partial charge in [0.15, 0.2) is 0 Å². The van der Waals surface area contributed by atoms with Crippen molar-refractivity contribution in [2.75, 3.05) is 27.9 Å². The molecule has 3 heterocycles. The highest BCUT2D eigenvalue weighted by Gasteiger charge is 2.53. The zero-order valence-corrected chi connectivity index (χ0v) is 48.1. The van der Waals surface area contributed by atoms with Gasteiger partial charge in [-0.1, -0.05) is 122 Å². The minimum absolute atomic E-state index is 0.0626. The standard InChI is InChI=1S/C60H87NO13.C2H6/c1-37-21-15-13-16-22-38(2)52(68-10)35-48-28-26-43(7)60(67,74-48)56(63)57(64)61-30-20-19-25-49(61)58(65)72-53(36-50(62)41(5)32-40(4)45(9)55(70-12)44(8)39(3)31-37)42(6)33-46-27-29-51(54(34-46)69-11)73-59(66)71-47-23-17-14-18-24-47;1-2/h13-18,21-24,32,37,39,41-43,45-46,48-49,51-55,67H,8,19-20,25-31,33-36H2,1-7,9-12H3;1-2H3/b16-13+,21-15+,38-22+,40-32+;/t37-,39-,41-,42-,43-,45-,46+,48+,49+,51-,52+,53+,54-,55+,60-;/m1./s1. The van der Waals surface area contributed by atoms with Gasteiger partial charge >= 0.3 is 12.1 Å². The molecule has 0 spiro atoms. The number of esters is 1. The summed E-state index contributed by atoms with van der Waals surface area (Å²) in [5, 5.41) is 12.0. The molecule has 14 nitrogen and oxygen atoms in total. The normalized spacial score (nSPS) is 35.8. The van der Waals surface area contributed by atoms with Gasteiger partial charge in [-0.05, 0) is 125 Å². The Morgan fingerprint density at radius 1 is 0.842 bits per heavy atom. The van der Waals surface area contributed by atoms with E-state index in [4.69, 9.17) is 33.2 Å². The van der Waals surface area contributed by atoms with Crippen LogP contribution in [0, 0.1) is 41.4 Å². The Bertz CT molecular complexity index is 2180. The van der Waals surface area contributed by atoms with Crippen LogP contribution in [0.25, 0.3) is 0 Å². The third-order valence-corrected chi connectivity index (χ3v) is 16.3. The molecule has 1 aromatic rings. The first kappa shape index (κ1) is 63.8. The number of hydrogen-bond acceptors (Lipinski definition) is 13. The van der Waals surface area contributed by atoms with E-state index in [1.807, 2.05) is 78.0 Å². The Morgan fingerprint density at radius 3 is 2.22 bits per heavy atom. The van der Waals surface area contributed by atoms with E-state index in [2.05, 4.69) is 33.4 Å². The Kier molecular flexibility index (Phi) is 26.0. The van der Waals surface area contributed by atoms with Crippen molar-refractivity contribution in [3.8, 4) is 5.75 Å². The number of ether oxygens (including phenoxy) is 7. The molecule has 1 amide bonds. The number of hydrogen-bond donors (Lipinski definition) is 1. The van der Waals surface area contributed by atoms with Gasteiger partial charge in [-0.3, -0.25) is 14.4 Å². The predicted octanol–water partition coefficient (Wildman–Crippen LogP) is 11.7. The number of fused-ring (bicyclic) bond motifs is 3. The Hall–Kier alpha value is -4.73. The molecule has 3 aliphatic heterocycles. The first-order valence-electron chi connectivity index (χ1n) is 28.1. The van der Waals surface area contributed by atoms with Gasteiger partial charge in [-0.25, -0.2) is 9.59 Å². The molecule has 3 fully saturated rings. The Labute approximate surface area is 455 Å². The van der Waals surface area contributed by atoms with Gasteiger partial charge in [-0.15, -0.1) is 0 Å². The summed E-state index contributed by atoms with van der Waals surface area (Å²) in [6.07, 6.45) is 13.9. The van der Waals surface area contributed by atoms with Crippen LogP contribution in [-0.2, 0) is 47.6 Å². The number of carbonyl (C=O) groups is 5. The van der Waals surface area contributed by atoms with Crippen molar-refractivity contribution in [3.63, 3.8) is 0 Å². The molecule has 14 heteroatoms. The van der Waals surface area contributed by atoms with Crippen LogP contribution in [0.15, 0.2) is 90.1 Å². The van der Waals surface area contributed by atoms with Gasteiger partial charge < -0.3 is 43.2 Å². The van der Waals surface area contributed by atoms with E-state index in [-0.39, 0.29) is 67.0 Å². The summed E-state index contributed by atoms with van der Waals surface area (Å²) in [5.41, 5.74) is 2.87. The van der Waals surface area contributed by atoms with Crippen molar-refractivity contribution in [2.24, 2.45) is 41.4 Å². The average molecular weight is 1060 g/mol. The monoisotopic (exact) mass is 1060 g/mol. The van der Waals surface area contributed by atoms with Gasteiger partial charge in [-0.2, -0.15) is 0 Å². The summed E-state index contributed by atoms with van der Waals surface area (Å²) in [6, 6.07) is 7.57. The van der Waals surface area contributed by atoms with Crippen LogP contribution < -0.4 is 4.74 Å². The van der Waals surface area contributed by atoms with Gasteiger partial charge in [0.05, 0.1) is 24.4 Å². The molecule has 4 aliphatic rings. The average Bonchev–Trinajstić information content (AvgIpc) is 3.41. The molecule has 1 N–H and O–H groups in total. The lowest BCUT2D eigenvalue weighted by molar-refractivity contribution is -0.265. The minimum Gasteiger partial charge on any atom is -0.460 e. The summed E-state index contributed by atoms with van der Waals surface area (Å²) in [5.74, 6) is -6.25. The molecule has 2 bridgehead atoms. The summed E-state index contributed by atoms with van der Waals surface area (Å²) < 4.78 is 41.6. The number of aliphatic hydroxyl groups is 1. The number of Topliss-reactive ketones (excluding diaryl/α,β-unsaturated/α-hetero) is 2. The minimum atomic E-state index is -2.42. The van der Waals surface area contributed by atoms with Crippen molar-refractivity contribution in [3.05, 3.63) is 90.1 Å². The molecule has 1 aliphatic carbocycles. The molecule has 1 aromatic carbocycles. The molecule has 76 heavy (non-hydrogen) atoms. The van der Waals surface area contributed by atoms with Crippen LogP contribution in [-0.4, -0.2) is 116 Å².